The maximum atomic E-state index is 11.3. The Kier molecular flexibility index (Phi) is 14.0. The predicted molar refractivity (Wildman–Crippen MR) is 208 cm³/mol. The second kappa shape index (κ2) is 18.7. The number of phenolic OH excluding ortho intramolecular Hbond substituents is 1. The summed E-state index contributed by atoms with van der Waals surface area (Å²) in [7, 11) is 0. The van der Waals surface area contributed by atoms with Crippen LogP contribution in [0.1, 0.15) is 96.0 Å². The Bertz CT molecular complexity index is 1480. The van der Waals surface area contributed by atoms with Crippen molar-refractivity contribution in [3.05, 3.63) is 71.4 Å². The summed E-state index contributed by atoms with van der Waals surface area (Å²) in [4.78, 5) is 5.03. The second-order valence-electron chi connectivity index (χ2n) is 16.2. The minimum absolute atomic E-state index is 0.0113. The SMILES string of the molecule is C[C@H](O)CNC[C@H]1C2=C[C+]([C@@H](O)COc3cc(CC[C-]4C=C(CO)C(CCCCCC[C@H](N)CCCO)[OH+]4)ccc3O)N=C2[C@H]2C=C[C@@]13CCC[C@@H]3C2. The third-order valence-corrected chi connectivity index (χ3v) is 12.4. The first-order chi connectivity index (χ1) is 25.7. The molecule has 6 aliphatic rings. The Morgan fingerprint density at radius 3 is 2.79 bits per heavy atom. The Balaban J connectivity index is 0.987. The summed E-state index contributed by atoms with van der Waals surface area (Å²) in [5.41, 5.74) is 10.5. The molecule has 1 aromatic carbocycles. The quantitative estimate of drug-likeness (QED) is 0.0387. The normalized spacial score (nSPS) is 27.6. The van der Waals surface area contributed by atoms with Gasteiger partial charge in [0.15, 0.2) is 29.4 Å². The van der Waals surface area contributed by atoms with Crippen molar-refractivity contribution >= 4 is 5.71 Å². The first-order valence-electron chi connectivity index (χ1n) is 20.3. The fourth-order valence-electron chi connectivity index (χ4n) is 9.50. The van der Waals surface area contributed by atoms with Gasteiger partial charge in [0.2, 0.25) is 0 Å². The van der Waals surface area contributed by atoms with Crippen molar-refractivity contribution in [2.24, 2.45) is 33.9 Å². The fourth-order valence-corrected chi connectivity index (χ4v) is 9.50. The predicted octanol–water partition coefficient (Wildman–Crippen LogP) is 4.74. The van der Waals surface area contributed by atoms with E-state index in [1.807, 2.05) is 18.2 Å². The molecule has 53 heavy (non-hydrogen) atoms. The van der Waals surface area contributed by atoms with Crippen molar-refractivity contribution in [2.75, 3.05) is 32.9 Å². The van der Waals surface area contributed by atoms with Crippen LogP contribution in [0.25, 0.3) is 0 Å². The first kappa shape index (κ1) is 39.9. The van der Waals surface area contributed by atoms with E-state index in [4.69, 9.17) is 25.3 Å². The molecule has 9 N–H and O–H groups in total. The van der Waals surface area contributed by atoms with Crippen LogP contribution >= 0.6 is 0 Å². The van der Waals surface area contributed by atoms with Gasteiger partial charge in [-0.15, -0.1) is 16.6 Å². The lowest BCUT2D eigenvalue weighted by atomic mass is 9.64. The molecule has 2 aliphatic heterocycles. The molecule has 7 rings (SSSR count). The van der Waals surface area contributed by atoms with E-state index in [0.717, 1.165) is 93.7 Å². The van der Waals surface area contributed by atoms with Crippen molar-refractivity contribution < 1.29 is 35.0 Å². The molecular weight excluding hydrogens is 670 g/mol. The summed E-state index contributed by atoms with van der Waals surface area (Å²) in [6, 6.07) is 6.14. The van der Waals surface area contributed by atoms with Gasteiger partial charge in [-0.2, -0.15) is 0 Å². The monoisotopic (exact) mass is 734 g/mol. The van der Waals surface area contributed by atoms with Gasteiger partial charge < -0.3 is 46.1 Å². The standard InChI is InChI=1S/C43H63N3O7/c1-28(49)24-45-25-36-35-23-37(46-42(35)30-16-18-43(36)17-6-8-32(43)21-30)39(51)27-52-41-20-29(13-15-38(41)50)12-14-34-22-31(26-48)40(53-34)11-5-3-2-4-9-33(44)10-7-19-47/h13,15-16,18,20,22-23,28,30,32-33,36,39-40,45,47-49,51,53H,2-12,14,17,19,21,24-27,44H2,1H3/p+1/t28-,30-,32+,33-,36-,39-,40?,43+/m0/s1. The summed E-state index contributed by atoms with van der Waals surface area (Å²) in [6.45, 7) is 3.29. The third kappa shape index (κ3) is 9.71. The molecule has 2 fully saturated rings. The Hall–Kier alpha value is -2.83. The number of aromatic hydroxyl groups is 1. The minimum atomic E-state index is -0.947. The van der Waals surface area contributed by atoms with Gasteiger partial charge in [-0.1, -0.05) is 43.9 Å². The number of unbranched alkanes of at least 4 members (excludes halogenated alkanes) is 3. The Morgan fingerprint density at radius 2 is 1.98 bits per heavy atom. The average molecular weight is 735 g/mol. The van der Waals surface area contributed by atoms with Gasteiger partial charge in [0, 0.05) is 44.2 Å². The number of hydrogen-bond donors (Lipinski definition) is 7. The number of rotatable bonds is 22. The van der Waals surface area contributed by atoms with E-state index >= 15 is 0 Å². The number of nitrogens with two attached hydrogens (primary N) is 1. The number of benzene rings is 1. The van der Waals surface area contributed by atoms with Crippen molar-refractivity contribution in [3.63, 3.8) is 0 Å². The number of phenols is 1. The topological polar surface area (TPSA) is 174 Å². The largest absolute Gasteiger partial charge is 0.504 e. The molecule has 2 bridgehead atoms. The molecule has 292 valence electrons. The van der Waals surface area contributed by atoms with E-state index in [-0.39, 0.29) is 55.0 Å². The molecule has 0 amide bonds. The minimum Gasteiger partial charge on any atom is -0.504 e. The molecule has 0 aromatic heterocycles. The molecule has 10 heteroatoms. The average Bonchev–Trinajstić information content (AvgIpc) is 3.87. The van der Waals surface area contributed by atoms with Crippen LogP contribution in [0.15, 0.2) is 58.6 Å². The van der Waals surface area contributed by atoms with Crippen LogP contribution in [0.3, 0.4) is 0 Å². The van der Waals surface area contributed by atoms with Crippen LogP contribution in [0, 0.1) is 35.3 Å². The maximum Gasteiger partial charge on any atom is 0.196 e. The molecule has 1 spiro atoms. The van der Waals surface area contributed by atoms with E-state index in [0.29, 0.717) is 37.1 Å². The van der Waals surface area contributed by atoms with Crippen molar-refractivity contribution in [1.29, 1.82) is 0 Å². The Labute approximate surface area is 316 Å². The summed E-state index contributed by atoms with van der Waals surface area (Å²) < 4.78 is 11.0. The summed E-state index contributed by atoms with van der Waals surface area (Å²) >= 11 is 0. The van der Waals surface area contributed by atoms with Gasteiger partial charge in [-0.25, -0.2) is 0 Å². The van der Waals surface area contributed by atoms with Crippen LogP contribution in [0.5, 0.6) is 11.5 Å². The number of nitrogens with zero attached hydrogens (tertiary/aromatic N) is 1. The molecule has 8 atom stereocenters. The summed E-state index contributed by atoms with van der Waals surface area (Å²) in [6.07, 6.45) is 22.7. The van der Waals surface area contributed by atoms with Gasteiger partial charge in [-0.05, 0) is 88.3 Å². The highest BCUT2D eigenvalue weighted by Crippen LogP contribution is 2.60. The van der Waals surface area contributed by atoms with Crippen LogP contribution in [0.2, 0.25) is 0 Å². The molecule has 0 saturated heterocycles. The van der Waals surface area contributed by atoms with Gasteiger partial charge in [0.25, 0.3) is 0 Å². The molecule has 1 aromatic rings. The summed E-state index contributed by atoms with van der Waals surface area (Å²) in [5.74, 6) is 1.47. The molecule has 1 unspecified atom stereocenters. The highest BCUT2D eigenvalue weighted by molar-refractivity contribution is 6.07. The van der Waals surface area contributed by atoms with Crippen molar-refractivity contribution in [3.8, 4) is 11.5 Å². The summed E-state index contributed by atoms with van der Waals surface area (Å²) in [5, 5.41) is 54.4. The Morgan fingerprint density at radius 1 is 1.15 bits per heavy atom. The van der Waals surface area contributed by atoms with Gasteiger partial charge in [0.05, 0.1) is 30.1 Å². The fraction of sp³-hybridized carbons (Fsp3) is 0.651. The number of allylic oxidation sites excluding steroid dienone is 2. The number of hydrogen-bond acceptors (Lipinski definition) is 9. The van der Waals surface area contributed by atoms with Crippen LogP contribution in [-0.2, 0) is 6.42 Å². The van der Waals surface area contributed by atoms with Gasteiger partial charge in [0.1, 0.15) is 18.3 Å². The van der Waals surface area contributed by atoms with E-state index in [2.05, 4.69) is 23.5 Å². The maximum absolute atomic E-state index is 11.3. The lowest BCUT2D eigenvalue weighted by Crippen LogP contribution is -2.41. The van der Waals surface area contributed by atoms with Crippen LogP contribution in [0.4, 0.5) is 0 Å². The number of aliphatic hydroxyl groups excluding tert-OH is 4. The zero-order chi connectivity index (χ0) is 37.4. The van der Waals surface area contributed by atoms with E-state index < -0.39 is 12.2 Å². The van der Waals surface area contributed by atoms with Gasteiger partial charge >= 0.3 is 0 Å². The highest BCUT2D eigenvalue weighted by Gasteiger charge is 2.59. The van der Waals surface area contributed by atoms with Crippen LogP contribution < -0.4 is 15.8 Å². The number of ether oxygens (including phenoxy) is 2. The van der Waals surface area contributed by atoms with E-state index in [1.165, 1.54) is 18.4 Å². The highest BCUT2D eigenvalue weighted by atomic mass is 16.5. The first-order valence-corrected chi connectivity index (χ1v) is 20.3. The molecular formula is C43H64N3O7+. The van der Waals surface area contributed by atoms with E-state index in [9.17, 15) is 20.4 Å². The zero-order valence-electron chi connectivity index (χ0n) is 31.6. The third-order valence-electron chi connectivity index (χ3n) is 12.4. The number of nitrogens with one attached hydrogen (secondary N) is 1. The van der Waals surface area contributed by atoms with Gasteiger partial charge in [-0.3, -0.25) is 0 Å². The van der Waals surface area contributed by atoms with Crippen molar-refractivity contribution in [2.45, 2.75) is 121 Å². The lowest BCUT2D eigenvalue weighted by molar-refractivity contribution is -0.0552. The number of aliphatic imine (C=N–C) groups is 1. The van der Waals surface area contributed by atoms with Crippen molar-refractivity contribution in [1.82, 2.24) is 5.32 Å². The second-order valence-corrected chi connectivity index (χ2v) is 16.2. The van der Waals surface area contributed by atoms with Crippen LogP contribution in [-0.4, -0.2) is 93.2 Å². The molecule has 4 aliphatic carbocycles. The van der Waals surface area contributed by atoms with E-state index in [1.54, 1.807) is 13.0 Å². The zero-order valence-corrected chi connectivity index (χ0v) is 31.6. The molecule has 2 heterocycles. The molecule has 2 saturated carbocycles. The molecule has 10 nitrogen and oxygen atoms in total. The number of aliphatic hydroxyl groups is 6. The molecule has 0 radical (unpaired) electrons. The lowest BCUT2D eigenvalue weighted by Gasteiger charge is -2.39. The smallest absolute Gasteiger partial charge is 0.196 e. The number of aryl methyl sites for hydroxylation is 1.